The Bertz CT molecular complexity index is 1160. The SMILES string of the molecule is CN1CC[C@]23C1=NCC[C@@]21C(=Nc2cc(Br)ccc23)N(C)c2c(Cl)cc(Cl)cc21. The van der Waals surface area contributed by atoms with Gasteiger partial charge in [0.1, 0.15) is 11.7 Å². The Morgan fingerprint density at radius 3 is 2.62 bits per heavy atom. The fraction of sp³-hybridized carbons (Fsp3) is 0.364. The number of likely N-dealkylation sites (N-methyl/N-ethyl adjacent to an activating group) is 2. The van der Waals surface area contributed by atoms with Crippen LogP contribution in [-0.2, 0) is 10.8 Å². The Labute approximate surface area is 188 Å². The molecule has 2 aromatic rings. The molecule has 148 valence electrons. The third kappa shape index (κ3) is 1.97. The molecule has 0 N–H and O–H groups in total. The summed E-state index contributed by atoms with van der Waals surface area (Å²) in [5.41, 5.74) is 3.90. The minimum Gasteiger partial charge on any atom is -0.363 e. The summed E-state index contributed by atoms with van der Waals surface area (Å²) in [5.74, 6) is 2.22. The summed E-state index contributed by atoms with van der Waals surface area (Å²) in [4.78, 5) is 14.8. The van der Waals surface area contributed by atoms with Crippen molar-refractivity contribution in [3.8, 4) is 0 Å². The summed E-state index contributed by atoms with van der Waals surface area (Å²) in [6.07, 6.45) is 1.89. The first kappa shape index (κ1) is 18.2. The molecule has 0 bridgehead atoms. The normalized spacial score (nSPS) is 28.9. The van der Waals surface area contributed by atoms with Crippen LogP contribution in [0.25, 0.3) is 0 Å². The molecule has 1 saturated heterocycles. The van der Waals surface area contributed by atoms with Gasteiger partial charge in [-0.05, 0) is 48.2 Å². The first-order valence-corrected chi connectivity index (χ1v) is 11.3. The molecule has 0 saturated carbocycles. The Kier molecular flexibility index (Phi) is 3.63. The lowest BCUT2D eigenvalue weighted by Crippen LogP contribution is -2.62. The minimum atomic E-state index is -0.311. The van der Waals surface area contributed by atoms with Crippen molar-refractivity contribution in [2.24, 2.45) is 9.98 Å². The third-order valence-corrected chi connectivity index (χ3v) is 8.21. The zero-order chi connectivity index (χ0) is 20.1. The second-order valence-electron chi connectivity index (χ2n) is 8.38. The fourth-order valence-electron chi connectivity index (χ4n) is 6.22. The number of benzene rings is 2. The van der Waals surface area contributed by atoms with E-state index in [9.17, 15) is 0 Å². The van der Waals surface area contributed by atoms with E-state index < -0.39 is 0 Å². The van der Waals surface area contributed by atoms with Gasteiger partial charge in [0.25, 0.3) is 0 Å². The summed E-state index contributed by atoms with van der Waals surface area (Å²) in [6, 6.07) is 10.4. The highest BCUT2D eigenvalue weighted by atomic mass is 79.9. The molecule has 4 nitrogen and oxygen atoms in total. The number of hydrogen-bond acceptors (Lipinski definition) is 4. The van der Waals surface area contributed by atoms with Crippen molar-refractivity contribution in [2.75, 3.05) is 32.1 Å². The van der Waals surface area contributed by atoms with Gasteiger partial charge in [0.05, 0.1) is 27.2 Å². The first-order chi connectivity index (χ1) is 13.9. The van der Waals surface area contributed by atoms with Crippen LogP contribution < -0.4 is 4.90 Å². The quantitative estimate of drug-likeness (QED) is 0.484. The van der Waals surface area contributed by atoms with E-state index in [1.807, 2.05) is 6.07 Å². The largest absolute Gasteiger partial charge is 0.363 e. The Balaban J connectivity index is 1.79. The van der Waals surface area contributed by atoms with Crippen LogP contribution in [0.2, 0.25) is 10.0 Å². The van der Waals surface area contributed by atoms with Crippen molar-refractivity contribution in [2.45, 2.75) is 23.7 Å². The summed E-state index contributed by atoms with van der Waals surface area (Å²) < 4.78 is 1.03. The molecule has 29 heavy (non-hydrogen) atoms. The molecule has 2 aromatic carbocycles. The van der Waals surface area contributed by atoms with E-state index in [1.54, 1.807) is 0 Å². The maximum absolute atomic E-state index is 6.74. The third-order valence-electron chi connectivity index (χ3n) is 7.21. The maximum Gasteiger partial charge on any atom is 0.121 e. The molecule has 1 fully saturated rings. The molecule has 0 amide bonds. The molecule has 0 aliphatic carbocycles. The van der Waals surface area contributed by atoms with Crippen LogP contribution in [0.4, 0.5) is 11.4 Å². The van der Waals surface area contributed by atoms with Gasteiger partial charge >= 0.3 is 0 Å². The molecular weight excluding hydrogens is 471 g/mol. The second-order valence-corrected chi connectivity index (χ2v) is 10.1. The number of nitrogens with zero attached hydrogens (tertiary/aromatic N) is 4. The lowest BCUT2D eigenvalue weighted by Gasteiger charge is -2.52. The average Bonchev–Trinajstić information content (AvgIpc) is 3.13. The average molecular weight is 490 g/mol. The number of fused-ring (bicyclic) bond motifs is 2. The molecule has 4 aliphatic rings. The van der Waals surface area contributed by atoms with Crippen molar-refractivity contribution in [3.63, 3.8) is 0 Å². The molecule has 0 radical (unpaired) electrons. The van der Waals surface area contributed by atoms with E-state index in [0.29, 0.717) is 10.0 Å². The van der Waals surface area contributed by atoms with E-state index >= 15 is 0 Å². The topological polar surface area (TPSA) is 31.2 Å². The van der Waals surface area contributed by atoms with Gasteiger partial charge in [-0.2, -0.15) is 0 Å². The van der Waals surface area contributed by atoms with Gasteiger partial charge in [0, 0.05) is 36.7 Å². The monoisotopic (exact) mass is 488 g/mol. The summed E-state index contributed by atoms with van der Waals surface area (Å²) in [5, 5.41) is 1.35. The Morgan fingerprint density at radius 1 is 1.00 bits per heavy atom. The van der Waals surface area contributed by atoms with Gasteiger partial charge in [-0.3, -0.25) is 4.99 Å². The van der Waals surface area contributed by atoms with E-state index in [-0.39, 0.29) is 10.8 Å². The van der Waals surface area contributed by atoms with E-state index in [0.717, 1.165) is 53.4 Å². The standard InChI is InChI=1S/C22H19BrCl2N4/c1-28-8-6-22-14-4-3-12(23)9-17(14)27-20-21(22,5-7-26-19(22)28)15-10-13(24)11-16(25)18(15)29(20)2/h3-4,9-11H,5-8H2,1-2H3/t21-,22+/m1/s1. The molecule has 7 heteroatoms. The van der Waals surface area contributed by atoms with Crippen molar-refractivity contribution >= 4 is 62.2 Å². The molecule has 0 aromatic heterocycles. The van der Waals surface area contributed by atoms with E-state index in [2.05, 4.69) is 64.1 Å². The zero-order valence-corrected chi connectivity index (χ0v) is 19.2. The van der Waals surface area contributed by atoms with Gasteiger partial charge in [-0.15, -0.1) is 0 Å². The summed E-state index contributed by atoms with van der Waals surface area (Å²) in [6.45, 7) is 1.74. The fourth-order valence-corrected chi connectivity index (χ4v) is 7.19. The van der Waals surface area contributed by atoms with Crippen LogP contribution in [0.5, 0.6) is 0 Å². The van der Waals surface area contributed by atoms with Crippen LogP contribution in [-0.4, -0.2) is 43.8 Å². The molecule has 4 aliphatic heterocycles. The predicted molar refractivity (Wildman–Crippen MR) is 124 cm³/mol. The number of aliphatic imine (C=N–C) groups is 2. The summed E-state index contributed by atoms with van der Waals surface area (Å²) >= 11 is 16.9. The maximum atomic E-state index is 6.74. The second kappa shape index (κ2) is 5.77. The van der Waals surface area contributed by atoms with Crippen LogP contribution in [0, 0.1) is 0 Å². The molecule has 2 atom stereocenters. The van der Waals surface area contributed by atoms with Crippen LogP contribution in [0.1, 0.15) is 24.0 Å². The molecule has 0 unspecified atom stereocenters. The van der Waals surface area contributed by atoms with Crippen LogP contribution in [0.3, 0.4) is 0 Å². The lowest BCUT2D eigenvalue weighted by atomic mass is 9.52. The van der Waals surface area contributed by atoms with Crippen molar-refractivity contribution in [1.82, 2.24) is 4.90 Å². The summed E-state index contributed by atoms with van der Waals surface area (Å²) in [7, 11) is 4.23. The molecule has 4 heterocycles. The molecule has 2 spiro atoms. The number of likely N-dealkylation sites (tertiary alicyclic amines) is 1. The van der Waals surface area contributed by atoms with Crippen LogP contribution in [0.15, 0.2) is 44.8 Å². The van der Waals surface area contributed by atoms with Crippen LogP contribution >= 0.6 is 39.1 Å². The smallest absolute Gasteiger partial charge is 0.121 e. The number of halogens is 3. The number of rotatable bonds is 0. The van der Waals surface area contributed by atoms with Crippen molar-refractivity contribution in [1.29, 1.82) is 0 Å². The van der Waals surface area contributed by atoms with Gasteiger partial charge in [-0.1, -0.05) is 45.2 Å². The number of hydrogen-bond donors (Lipinski definition) is 0. The first-order valence-electron chi connectivity index (χ1n) is 9.79. The van der Waals surface area contributed by atoms with E-state index in [1.165, 1.54) is 11.1 Å². The molecular formula is C22H19BrCl2N4. The Morgan fingerprint density at radius 2 is 1.79 bits per heavy atom. The highest BCUT2D eigenvalue weighted by Crippen LogP contribution is 2.65. The number of amidine groups is 2. The van der Waals surface area contributed by atoms with Crippen molar-refractivity contribution in [3.05, 3.63) is 56.0 Å². The Hall–Kier alpha value is -1.56. The molecule has 6 rings (SSSR count). The highest BCUT2D eigenvalue weighted by Gasteiger charge is 2.69. The van der Waals surface area contributed by atoms with Gasteiger partial charge in [0.15, 0.2) is 0 Å². The van der Waals surface area contributed by atoms with E-state index in [4.69, 9.17) is 33.2 Å². The highest BCUT2D eigenvalue weighted by molar-refractivity contribution is 9.10. The zero-order valence-electron chi connectivity index (χ0n) is 16.1. The lowest BCUT2D eigenvalue weighted by molar-refractivity contribution is 0.346. The van der Waals surface area contributed by atoms with Crippen molar-refractivity contribution < 1.29 is 0 Å². The number of anilines is 1. The predicted octanol–water partition coefficient (Wildman–Crippen LogP) is 5.56. The van der Waals surface area contributed by atoms with Gasteiger partial charge in [0.2, 0.25) is 0 Å². The minimum absolute atomic E-state index is 0.263. The van der Waals surface area contributed by atoms with Gasteiger partial charge in [-0.25, -0.2) is 4.99 Å². The van der Waals surface area contributed by atoms with Gasteiger partial charge < -0.3 is 9.80 Å².